The van der Waals surface area contributed by atoms with Crippen LogP contribution in [0.25, 0.3) is 0 Å². The molecule has 0 radical (unpaired) electrons. The van der Waals surface area contributed by atoms with Gasteiger partial charge in [0.1, 0.15) is 11.6 Å². The van der Waals surface area contributed by atoms with Gasteiger partial charge in [0.25, 0.3) is 5.56 Å². The van der Waals surface area contributed by atoms with E-state index in [2.05, 4.69) is 16.1 Å². The first-order valence-corrected chi connectivity index (χ1v) is 10.4. The molecule has 154 valence electrons. The van der Waals surface area contributed by atoms with Crippen molar-refractivity contribution in [2.75, 3.05) is 10.0 Å². The summed E-state index contributed by atoms with van der Waals surface area (Å²) in [7, 11) is 1.74. The minimum absolute atomic E-state index is 0.0559. The number of nitrogens with zero attached hydrogens (tertiary/aromatic N) is 1. The van der Waals surface area contributed by atoms with Crippen LogP contribution in [0.15, 0.2) is 58.2 Å². The molecular formula is C23H28FN3OS. The maximum Gasteiger partial charge on any atom is 0.254 e. The quantitative estimate of drug-likeness (QED) is 0.479. The highest BCUT2D eigenvalue weighted by Crippen LogP contribution is 2.30. The maximum atomic E-state index is 13.1. The molecule has 2 N–H and O–H groups in total. The van der Waals surface area contributed by atoms with Gasteiger partial charge in [0.05, 0.1) is 5.69 Å². The Labute approximate surface area is 176 Å². The summed E-state index contributed by atoms with van der Waals surface area (Å²) in [5.41, 5.74) is 4.59. The number of aryl methyl sites for hydroxylation is 3. The molecule has 1 heterocycles. The predicted octanol–water partition coefficient (Wildman–Crippen LogP) is 6.34. The van der Waals surface area contributed by atoms with Gasteiger partial charge in [-0.05, 0) is 74.7 Å². The van der Waals surface area contributed by atoms with Gasteiger partial charge in [-0.25, -0.2) is 4.39 Å². The minimum atomic E-state index is -0.269. The van der Waals surface area contributed by atoms with Crippen LogP contribution < -0.4 is 15.6 Å². The van der Waals surface area contributed by atoms with Crippen LogP contribution >= 0.6 is 11.9 Å². The molecule has 2 aromatic carbocycles. The maximum absolute atomic E-state index is 13.1. The molecule has 4 nitrogen and oxygen atoms in total. The van der Waals surface area contributed by atoms with Gasteiger partial charge in [-0.2, -0.15) is 0 Å². The van der Waals surface area contributed by atoms with Gasteiger partial charge in [-0.3, -0.25) is 9.36 Å². The number of aromatic nitrogens is 1. The second-order valence-corrected chi connectivity index (χ2v) is 7.43. The molecule has 6 heteroatoms. The van der Waals surface area contributed by atoms with Gasteiger partial charge in [0, 0.05) is 23.2 Å². The van der Waals surface area contributed by atoms with E-state index in [0.29, 0.717) is 11.4 Å². The molecule has 0 fully saturated rings. The van der Waals surface area contributed by atoms with Crippen molar-refractivity contribution in [3.05, 3.63) is 81.4 Å². The molecule has 0 saturated carbocycles. The van der Waals surface area contributed by atoms with Gasteiger partial charge in [-0.1, -0.05) is 31.5 Å². The van der Waals surface area contributed by atoms with Crippen LogP contribution in [0.5, 0.6) is 0 Å². The zero-order valence-corrected chi connectivity index (χ0v) is 18.6. The summed E-state index contributed by atoms with van der Waals surface area (Å²) >= 11 is 1.36. The molecule has 1 aromatic heterocycles. The van der Waals surface area contributed by atoms with Crippen LogP contribution in [0, 0.1) is 26.6 Å². The Morgan fingerprint density at radius 1 is 0.897 bits per heavy atom. The van der Waals surface area contributed by atoms with Crippen molar-refractivity contribution in [1.29, 1.82) is 0 Å². The lowest BCUT2D eigenvalue weighted by Crippen LogP contribution is -2.22. The fraction of sp³-hybridized carbons (Fsp3) is 0.261. The molecule has 0 bridgehead atoms. The van der Waals surface area contributed by atoms with Crippen LogP contribution in [0.3, 0.4) is 0 Å². The average Bonchev–Trinajstić information content (AvgIpc) is 2.71. The number of benzene rings is 2. The van der Waals surface area contributed by atoms with Crippen LogP contribution in [-0.4, -0.2) is 4.57 Å². The van der Waals surface area contributed by atoms with E-state index in [-0.39, 0.29) is 11.4 Å². The van der Waals surface area contributed by atoms with Gasteiger partial charge in [0.2, 0.25) is 0 Å². The van der Waals surface area contributed by atoms with Crippen molar-refractivity contribution in [3.8, 4) is 0 Å². The van der Waals surface area contributed by atoms with E-state index in [1.165, 1.54) is 29.6 Å². The van der Waals surface area contributed by atoms with Crippen molar-refractivity contribution < 1.29 is 4.39 Å². The number of rotatable bonds is 5. The lowest BCUT2D eigenvalue weighted by atomic mass is 10.1. The predicted molar refractivity (Wildman–Crippen MR) is 123 cm³/mol. The first-order chi connectivity index (χ1) is 13.8. The third kappa shape index (κ3) is 5.64. The second kappa shape index (κ2) is 10.2. The summed E-state index contributed by atoms with van der Waals surface area (Å²) in [6.45, 7) is 9.86. The topological polar surface area (TPSA) is 46.1 Å². The van der Waals surface area contributed by atoms with Crippen molar-refractivity contribution in [2.45, 2.75) is 39.5 Å². The van der Waals surface area contributed by atoms with Gasteiger partial charge in [-0.15, -0.1) is 0 Å². The van der Waals surface area contributed by atoms with E-state index in [9.17, 15) is 9.18 Å². The Hall–Kier alpha value is -2.73. The largest absolute Gasteiger partial charge is 0.340 e. The Balaban J connectivity index is 0.00000145. The molecule has 0 saturated heterocycles. The molecule has 3 aromatic rings. The van der Waals surface area contributed by atoms with Gasteiger partial charge in [0.15, 0.2) is 0 Å². The number of hydrogen-bond donors (Lipinski definition) is 2. The normalized spacial score (nSPS) is 10.2. The van der Waals surface area contributed by atoms with Gasteiger partial charge < -0.3 is 10.0 Å². The van der Waals surface area contributed by atoms with E-state index in [4.69, 9.17) is 0 Å². The van der Waals surface area contributed by atoms with E-state index >= 15 is 0 Å². The Bertz CT molecular complexity index is 1030. The van der Waals surface area contributed by atoms with Crippen LogP contribution in [-0.2, 0) is 7.05 Å². The molecule has 3 rings (SSSR count). The minimum Gasteiger partial charge on any atom is -0.340 e. The highest BCUT2D eigenvalue weighted by atomic mass is 32.2. The van der Waals surface area contributed by atoms with E-state index in [0.717, 1.165) is 21.8 Å². The number of hydrogen-bond acceptors (Lipinski definition) is 4. The highest BCUT2D eigenvalue weighted by Gasteiger charge is 2.12. The third-order valence-electron chi connectivity index (χ3n) is 4.32. The van der Waals surface area contributed by atoms with E-state index in [1.54, 1.807) is 30.7 Å². The number of nitrogens with one attached hydrogen (secondary N) is 2. The Kier molecular flexibility index (Phi) is 7.91. The van der Waals surface area contributed by atoms with Crippen molar-refractivity contribution in [1.82, 2.24) is 4.57 Å². The molecule has 0 aliphatic carbocycles. The molecule has 0 aliphatic rings. The summed E-state index contributed by atoms with van der Waals surface area (Å²) in [4.78, 5) is 13.3. The summed E-state index contributed by atoms with van der Waals surface area (Å²) in [5.74, 6) is 0.404. The van der Waals surface area contributed by atoms with Crippen LogP contribution in [0.2, 0.25) is 0 Å². The second-order valence-electron chi connectivity index (χ2n) is 6.56. The van der Waals surface area contributed by atoms with Crippen molar-refractivity contribution in [2.24, 2.45) is 7.05 Å². The zero-order chi connectivity index (χ0) is 21.6. The number of halogens is 1. The van der Waals surface area contributed by atoms with E-state index < -0.39 is 0 Å². The summed E-state index contributed by atoms with van der Waals surface area (Å²) < 4.78 is 18.0. The molecule has 0 atom stereocenters. The summed E-state index contributed by atoms with van der Waals surface area (Å²) in [6, 6.07) is 14.2. The fourth-order valence-electron chi connectivity index (χ4n) is 2.82. The smallest absolute Gasteiger partial charge is 0.254 e. The molecule has 0 amide bonds. The molecule has 29 heavy (non-hydrogen) atoms. The number of anilines is 3. The molecular weight excluding hydrogens is 385 g/mol. The number of pyridine rings is 1. The zero-order valence-electron chi connectivity index (χ0n) is 17.8. The summed E-state index contributed by atoms with van der Waals surface area (Å²) in [6.07, 6.45) is 0. The average molecular weight is 414 g/mol. The van der Waals surface area contributed by atoms with Crippen molar-refractivity contribution >= 4 is 29.1 Å². The SMILES string of the molecule is CC.Cc1ccc(Nc2c(NSc3ccc(F)cc3)cc(C)c(=O)n2C)c(C)c1. The first-order valence-electron chi connectivity index (χ1n) is 9.58. The van der Waals surface area contributed by atoms with Gasteiger partial charge >= 0.3 is 0 Å². The standard InChI is InChI=1S/C21H22FN3OS.C2H6/c1-13-5-10-18(14(2)11-13)23-20-19(12-15(3)21(26)25(20)4)24-27-17-8-6-16(22)7-9-17;1-2/h5-12,23-24H,1-4H3;1-2H3. The third-order valence-corrected chi connectivity index (χ3v) is 5.15. The first kappa shape index (κ1) is 22.6. The fourth-order valence-corrected chi connectivity index (χ4v) is 3.48. The molecule has 0 unspecified atom stereocenters. The van der Waals surface area contributed by atoms with Crippen LogP contribution in [0.1, 0.15) is 30.5 Å². The lowest BCUT2D eigenvalue weighted by molar-refractivity contribution is 0.626. The highest BCUT2D eigenvalue weighted by molar-refractivity contribution is 8.00. The van der Waals surface area contributed by atoms with Crippen molar-refractivity contribution in [3.63, 3.8) is 0 Å². The Morgan fingerprint density at radius 3 is 2.17 bits per heavy atom. The monoisotopic (exact) mass is 413 g/mol. The van der Waals surface area contributed by atoms with E-state index in [1.807, 2.05) is 45.9 Å². The van der Waals surface area contributed by atoms with Crippen LogP contribution in [0.4, 0.5) is 21.6 Å². The molecule has 0 spiro atoms. The Morgan fingerprint density at radius 2 is 1.55 bits per heavy atom. The molecule has 0 aliphatic heterocycles. The summed E-state index contributed by atoms with van der Waals surface area (Å²) in [5, 5.41) is 3.38. The lowest BCUT2D eigenvalue weighted by Gasteiger charge is -2.19.